The fourth-order valence-electron chi connectivity index (χ4n) is 1.50. The summed E-state index contributed by atoms with van der Waals surface area (Å²) in [7, 11) is 0. The van der Waals surface area contributed by atoms with Gasteiger partial charge in [0.05, 0.1) is 18.8 Å². The third-order valence-electron chi connectivity index (χ3n) is 2.34. The molecule has 0 spiro atoms. The van der Waals surface area contributed by atoms with Gasteiger partial charge in [-0.2, -0.15) is 0 Å². The molecule has 1 aromatic carbocycles. The number of hydrogen-bond donors (Lipinski definition) is 1. The minimum absolute atomic E-state index is 0.121. The average Bonchev–Trinajstić information content (AvgIpc) is 2.70. The second-order valence-electron chi connectivity index (χ2n) is 3.55. The summed E-state index contributed by atoms with van der Waals surface area (Å²) < 4.78 is 11.3. The second-order valence-corrected chi connectivity index (χ2v) is 4.95. The van der Waals surface area contributed by atoms with Crippen LogP contribution >= 0.6 is 28.6 Å². The highest BCUT2D eigenvalue weighted by molar-refractivity contribution is 9.10. The molecule has 0 N–H and O–H groups in total. The Balaban J connectivity index is 2.08. The number of benzene rings is 1. The van der Waals surface area contributed by atoms with Crippen molar-refractivity contribution in [3.8, 4) is 0 Å². The molecule has 5 heteroatoms. The van der Waals surface area contributed by atoms with Gasteiger partial charge in [-0.3, -0.25) is 0 Å². The summed E-state index contributed by atoms with van der Waals surface area (Å²) >= 11 is 7.55. The molecule has 0 aromatic heterocycles. The zero-order valence-electron chi connectivity index (χ0n) is 8.48. The van der Waals surface area contributed by atoms with Crippen LogP contribution in [0.4, 0.5) is 0 Å². The highest BCUT2D eigenvalue weighted by Crippen LogP contribution is 2.21. The number of carbonyl (C=O) groups is 1. The first kappa shape index (κ1) is 12.0. The summed E-state index contributed by atoms with van der Waals surface area (Å²) in [6.45, 7) is 1.15. The third kappa shape index (κ3) is 2.78. The molecule has 0 radical (unpaired) electrons. The van der Waals surface area contributed by atoms with Gasteiger partial charge in [-0.25, -0.2) is 4.79 Å². The number of hydrogen-bond acceptors (Lipinski definition) is 4. The van der Waals surface area contributed by atoms with Crippen molar-refractivity contribution in [2.45, 2.75) is 17.4 Å². The molecule has 3 nitrogen and oxygen atoms in total. The Morgan fingerprint density at radius 1 is 1.56 bits per heavy atom. The van der Waals surface area contributed by atoms with Crippen molar-refractivity contribution < 1.29 is 14.3 Å². The van der Waals surface area contributed by atoms with E-state index in [1.807, 2.05) is 0 Å². The topological polar surface area (TPSA) is 35.5 Å². The van der Waals surface area contributed by atoms with Gasteiger partial charge in [0.25, 0.3) is 0 Å². The van der Waals surface area contributed by atoms with Crippen LogP contribution in [-0.4, -0.2) is 25.3 Å². The van der Waals surface area contributed by atoms with E-state index in [9.17, 15) is 4.79 Å². The number of halogens is 1. The minimum Gasteiger partial charge on any atom is -0.456 e. The Bertz CT molecular complexity index is 402. The molecule has 0 saturated carbocycles. The number of rotatable bonds is 2. The Morgan fingerprint density at radius 3 is 3.00 bits per heavy atom. The van der Waals surface area contributed by atoms with Gasteiger partial charge in [-0.1, -0.05) is 15.9 Å². The summed E-state index contributed by atoms with van der Waals surface area (Å²) in [5.74, 6) is -0.340. The summed E-state index contributed by atoms with van der Waals surface area (Å²) in [6.07, 6.45) is 0.647. The van der Waals surface area contributed by atoms with Crippen molar-refractivity contribution in [1.29, 1.82) is 0 Å². The molecular weight excluding hydrogens is 292 g/mol. The zero-order chi connectivity index (χ0) is 11.5. The van der Waals surface area contributed by atoms with Gasteiger partial charge in [0, 0.05) is 15.8 Å². The monoisotopic (exact) mass is 302 g/mol. The molecule has 1 fully saturated rings. The van der Waals surface area contributed by atoms with E-state index in [4.69, 9.17) is 9.47 Å². The van der Waals surface area contributed by atoms with Crippen molar-refractivity contribution in [1.82, 2.24) is 0 Å². The molecule has 1 saturated heterocycles. The summed E-state index contributed by atoms with van der Waals surface area (Å²) in [5.41, 5.74) is 0.485. The number of ether oxygens (including phenoxy) is 2. The summed E-state index contributed by atoms with van der Waals surface area (Å²) in [5, 5.41) is 0. The lowest BCUT2D eigenvalue weighted by atomic mass is 10.2. The number of thiol groups is 1. The lowest BCUT2D eigenvalue weighted by Gasteiger charge is -2.11. The van der Waals surface area contributed by atoms with E-state index in [0.29, 0.717) is 23.7 Å². The molecular formula is C11H11BrO3S. The van der Waals surface area contributed by atoms with Gasteiger partial charge in [0.15, 0.2) is 0 Å². The smallest absolute Gasteiger partial charge is 0.339 e. The Morgan fingerprint density at radius 2 is 2.38 bits per heavy atom. The molecule has 1 aliphatic rings. The first-order valence-corrected chi connectivity index (χ1v) is 6.18. The first-order valence-electron chi connectivity index (χ1n) is 4.94. The van der Waals surface area contributed by atoms with Crippen molar-refractivity contribution in [2.24, 2.45) is 0 Å². The van der Waals surface area contributed by atoms with E-state index in [1.165, 1.54) is 0 Å². The van der Waals surface area contributed by atoms with Gasteiger partial charge >= 0.3 is 5.97 Å². The normalized spacial score (nSPS) is 19.8. The zero-order valence-corrected chi connectivity index (χ0v) is 11.0. The van der Waals surface area contributed by atoms with Crippen molar-refractivity contribution in [3.63, 3.8) is 0 Å². The molecule has 1 atom stereocenters. The van der Waals surface area contributed by atoms with Crippen molar-refractivity contribution in [3.05, 3.63) is 28.2 Å². The maximum Gasteiger partial charge on any atom is 0.339 e. The standard InChI is InChI=1S/C11H11BrO3S/c12-7-1-2-9(10(16)5-7)11(13)15-8-3-4-14-6-8/h1-2,5,8,16H,3-4,6H2. The van der Waals surface area contributed by atoms with Crippen LogP contribution in [0.2, 0.25) is 0 Å². The fourth-order valence-corrected chi connectivity index (χ4v) is 2.34. The Kier molecular flexibility index (Phi) is 3.89. The Hall–Kier alpha value is -0.520. The highest BCUT2D eigenvalue weighted by Gasteiger charge is 2.21. The molecule has 1 aliphatic heterocycles. The van der Waals surface area contributed by atoms with E-state index < -0.39 is 0 Å². The van der Waals surface area contributed by atoms with Gasteiger partial charge in [-0.15, -0.1) is 12.6 Å². The van der Waals surface area contributed by atoms with E-state index in [0.717, 1.165) is 10.9 Å². The van der Waals surface area contributed by atoms with Crippen LogP contribution in [0.1, 0.15) is 16.8 Å². The highest BCUT2D eigenvalue weighted by atomic mass is 79.9. The van der Waals surface area contributed by atoms with Crippen LogP contribution in [0, 0.1) is 0 Å². The van der Waals surface area contributed by atoms with Crippen LogP contribution < -0.4 is 0 Å². The van der Waals surface area contributed by atoms with Crippen LogP contribution in [0.25, 0.3) is 0 Å². The van der Waals surface area contributed by atoms with Gasteiger partial charge in [0.1, 0.15) is 6.10 Å². The predicted molar refractivity (Wildman–Crippen MR) is 66.0 cm³/mol. The molecule has 0 amide bonds. The van der Waals surface area contributed by atoms with Crippen molar-refractivity contribution >= 4 is 34.5 Å². The molecule has 86 valence electrons. The molecule has 2 rings (SSSR count). The third-order valence-corrected chi connectivity index (χ3v) is 3.20. The van der Waals surface area contributed by atoms with Crippen LogP contribution in [0.15, 0.2) is 27.6 Å². The Labute approximate surface area is 108 Å². The number of carbonyl (C=O) groups excluding carboxylic acids is 1. The minimum atomic E-state index is -0.340. The SMILES string of the molecule is O=C(OC1CCOC1)c1ccc(Br)cc1S. The predicted octanol–water partition coefficient (Wildman–Crippen LogP) is 2.68. The van der Waals surface area contributed by atoms with Crippen molar-refractivity contribution in [2.75, 3.05) is 13.2 Å². The van der Waals surface area contributed by atoms with Gasteiger partial charge in [-0.05, 0) is 18.2 Å². The molecule has 0 bridgehead atoms. The van der Waals surface area contributed by atoms with E-state index >= 15 is 0 Å². The lowest BCUT2D eigenvalue weighted by Crippen LogP contribution is -2.18. The largest absolute Gasteiger partial charge is 0.456 e. The molecule has 0 aliphatic carbocycles. The fraction of sp³-hybridized carbons (Fsp3) is 0.364. The van der Waals surface area contributed by atoms with Crippen LogP contribution in [0.3, 0.4) is 0 Å². The first-order chi connectivity index (χ1) is 7.66. The van der Waals surface area contributed by atoms with Crippen LogP contribution in [0.5, 0.6) is 0 Å². The second kappa shape index (κ2) is 5.21. The quantitative estimate of drug-likeness (QED) is 0.674. The van der Waals surface area contributed by atoms with Gasteiger partial charge < -0.3 is 9.47 Å². The maximum absolute atomic E-state index is 11.8. The van der Waals surface area contributed by atoms with E-state index in [2.05, 4.69) is 28.6 Å². The molecule has 16 heavy (non-hydrogen) atoms. The maximum atomic E-state index is 11.8. The average molecular weight is 303 g/mol. The summed E-state index contributed by atoms with van der Waals surface area (Å²) in [4.78, 5) is 12.4. The van der Waals surface area contributed by atoms with E-state index in [-0.39, 0.29) is 12.1 Å². The molecule has 1 heterocycles. The van der Waals surface area contributed by atoms with Gasteiger partial charge in [0.2, 0.25) is 0 Å². The van der Waals surface area contributed by atoms with E-state index in [1.54, 1.807) is 18.2 Å². The molecule has 1 unspecified atom stereocenters. The lowest BCUT2D eigenvalue weighted by molar-refractivity contribution is 0.0267. The number of esters is 1. The summed E-state index contributed by atoms with van der Waals surface area (Å²) in [6, 6.07) is 5.26. The van der Waals surface area contributed by atoms with Crippen LogP contribution in [-0.2, 0) is 9.47 Å². The molecule has 1 aromatic rings.